The van der Waals surface area contributed by atoms with Gasteiger partial charge in [0.25, 0.3) is 0 Å². The van der Waals surface area contributed by atoms with Crippen LogP contribution in [0.5, 0.6) is 5.75 Å². The third-order valence-electron chi connectivity index (χ3n) is 3.94. The fourth-order valence-corrected chi connectivity index (χ4v) is 3.75. The quantitative estimate of drug-likeness (QED) is 0.764. The standard InChI is InChI=1S/C18H19NOS/c1-12-10-21-11-16(12)18(19-2)15-8-9-17(20-3)14-7-5-4-6-13(14)15/h4-11,18-19H,1-3H3. The van der Waals surface area contributed by atoms with Crippen LogP contribution in [0.1, 0.15) is 22.7 Å². The molecule has 0 saturated heterocycles. The first-order valence-electron chi connectivity index (χ1n) is 7.02. The summed E-state index contributed by atoms with van der Waals surface area (Å²) in [6.07, 6.45) is 0. The van der Waals surface area contributed by atoms with Gasteiger partial charge in [-0.05, 0) is 52.9 Å². The van der Waals surface area contributed by atoms with Gasteiger partial charge in [0.15, 0.2) is 0 Å². The van der Waals surface area contributed by atoms with Crippen LogP contribution in [-0.2, 0) is 0 Å². The minimum Gasteiger partial charge on any atom is -0.496 e. The summed E-state index contributed by atoms with van der Waals surface area (Å²) in [5.41, 5.74) is 3.97. The van der Waals surface area contributed by atoms with E-state index in [-0.39, 0.29) is 6.04 Å². The number of rotatable bonds is 4. The van der Waals surface area contributed by atoms with Gasteiger partial charge in [0.2, 0.25) is 0 Å². The average Bonchev–Trinajstić information content (AvgIpc) is 2.94. The van der Waals surface area contributed by atoms with Crippen molar-refractivity contribution in [3.05, 3.63) is 63.8 Å². The van der Waals surface area contributed by atoms with E-state index in [0.29, 0.717) is 0 Å². The van der Waals surface area contributed by atoms with Crippen LogP contribution >= 0.6 is 11.3 Å². The molecule has 0 fully saturated rings. The number of hydrogen-bond acceptors (Lipinski definition) is 3. The second kappa shape index (κ2) is 5.88. The van der Waals surface area contributed by atoms with E-state index in [1.807, 2.05) is 7.05 Å². The number of ether oxygens (including phenoxy) is 1. The molecule has 108 valence electrons. The molecule has 1 unspecified atom stereocenters. The molecule has 0 aliphatic heterocycles. The van der Waals surface area contributed by atoms with Crippen molar-refractivity contribution in [1.29, 1.82) is 0 Å². The Balaban J connectivity index is 2.22. The zero-order chi connectivity index (χ0) is 14.8. The van der Waals surface area contributed by atoms with Gasteiger partial charge in [-0.3, -0.25) is 0 Å². The second-order valence-electron chi connectivity index (χ2n) is 5.13. The summed E-state index contributed by atoms with van der Waals surface area (Å²) in [6.45, 7) is 2.17. The third kappa shape index (κ3) is 2.43. The van der Waals surface area contributed by atoms with Crippen LogP contribution in [0.25, 0.3) is 10.8 Å². The number of methoxy groups -OCH3 is 1. The molecule has 1 atom stereocenters. The molecule has 0 aliphatic carbocycles. The van der Waals surface area contributed by atoms with Crippen molar-refractivity contribution in [3.8, 4) is 5.75 Å². The van der Waals surface area contributed by atoms with Crippen molar-refractivity contribution in [3.63, 3.8) is 0 Å². The highest BCUT2D eigenvalue weighted by molar-refractivity contribution is 7.08. The Kier molecular flexibility index (Phi) is 3.95. The van der Waals surface area contributed by atoms with Gasteiger partial charge in [-0.25, -0.2) is 0 Å². The van der Waals surface area contributed by atoms with Crippen molar-refractivity contribution in [2.24, 2.45) is 0 Å². The van der Waals surface area contributed by atoms with E-state index >= 15 is 0 Å². The first kappa shape index (κ1) is 14.1. The molecule has 1 aromatic heterocycles. The number of hydrogen-bond donors (Lipinski definition) is 1. The van der Waals surface area contributed by atoms with E-state index < -0.39 is 0 Å². The zero-order valence-corrected chi connectivity index (χ0v) is 13.3. The predicted octanol–water partition coefficient (Wildman–Crippen LogP) is 4.53. The maximum Gasteiger partial charge on any atom is 0.126 e. The Morgan fingerprint density at radius 2 is 1.76 bits per heavy atom. The van der Waals surface area contributed by atoms with E-state index in [1.165, 1.54) is 22.1 Å². The first-order valence-corrected chi connectivity index (χ1v) is 7.96. The monoisotopic (exact) mass is 297 g/mol. The van der Waals surface area contributed by atoms with Crippen LogP contribution in [0.4, 0.5) is 0 Å². The Morgan fingerprint density at radius 1 is 1.00 bits per heavy atom. The molecule has 0 aliphatic rings. The fourth-order valence-electron chi connectivity index (χ4n) is 2.87. The molecule has 2 nitrogen and oxygen atoms in total. The number of nitrogens with one attached hydrogen (secondary N) is 1. The molecule has 0 spiro atoms. The first-order chi connectivity index (χ1) is 10.3. The van der Waals surface area contributed by atoms with Crippen LogP contribution < -0.4 is 10.1 Å². The normalized spacial score (nSPS) is 12.5. The smallest absolute Gasteiger partial charge is 0.126 e. The minimum atomic E-state index is 0.201. The molecule has 1 heterocycles. The lowest BCUT2D eigenvalue weighted by atomic mass is 9.93. The van der Waals surface area contributed by atoms with E-state index in [1.54, 1.807) is 18.4 Å². The minimum absolute atomic E-state index is 0.201. The fraction of sp³-hybridized carbons (Fsp3) is 0.222. The molecular weight excluding hydrogens is 278 g/mol. The van der Waals surface area contributed by atoms with Crippen molar-refractivity contribution in [2.45, 2.75) is 13.0 Å². The molecule has 0 saturated carbocycles. The van der Waals surface area contributed by atoms with Gasteiger partial charge in [-0.15, -0.1) is 0 Å². The highest BCUT2D eigenvalue weighted by Gasteiger charge is 2.18. The van der Waals surface area contributed by atoms with Crippen LogP contribution in [0.15, 0.2) is 47.2 Å². The average molecular weight is 297 g/mol. The van der Waals surface area contributed by atoms with Crippen molar-refractivity contribution in [1.82, 2.24) is 5.32 Å². The van der Waals surface area contributed by atoms with Crippen LogP contribution in [0, 0.1) is 6.92 Å². The van der Waals surface area contributed by atoms with Crippen molar-refractivity contribution in [2.75, 3.05) is 14.2 Å². The van der Waals surface area contributed by atoms with Crippen LogP contribution in [0.3, 0.4) is 0 Å². The summed E-state index contributed by atoms with van der Waals surface area (Å²) in [7, 11) is 3.74. The lowest BCUT2D eigenvalue weighted by molar-refractivity contribution is 0.419. The molecule has 1 N–H and O–H groups in total. The lowest BCUT2D eigenvalue weighted by Crippen LogP contribution is -2.18. The Bertz CT molecular complexity index is 763. The van der Waals surface area contributed by atoms with E-state index in [0.717, 1.165) is 11.1 Å². The molecular formula is C18H19NOS. The molecule has 0 radical (unpaired) electrons. The maximum atomic E-state index is 5.49. The summed E-state index contributed by atoms with van der Waals surface area (Å²) >= 11 is 1.75. The number of aryl methyl sites for hydroxylation is 1. The van der Waals surface area contributed by atoms with Gasteiger partial charge in [0, 0.05) is 5.39 Å². The zero-order valence-electron chi connectivity index (χ0n) is 12.5. The molecule has 3 aromatic rings. The molecule has 3 rings (SSSR count). The Hall–Kier alpha value is -1.84. The highest BCUT2D eigenvalue weighted by atomic mass is 32.1. The summed E-state index contributed by atoms with van der Waals surface area (Å²) < 4.78 is 5.49. The van der Waals surface area contributed by atoms with Gasteiger partial charge >= 0.3 is 0 Å². The van der Waals surface area contributed by atoms with Gasteiger partial charge in [-0.2, -0.15) is 11.3 Å². The second-order valence-corrected chi connectivity index (χ2v) is 5.88. The predicted molar refractivity (Wildman–Crippen MR) is 90.5 cm³/mol. The molecule has 21 heavy (non-hydrogen) atoms. The van der Waals surface area contributed by atoms with E-state index in [2.05, 4.69) is 59.4 Å². The summed E-state index contributed by atoms with van der Waals surface area (Å²) in [6, 6.07) is 12.8. The van der Waals surface area contributed by atoms with E-state index in [4.69, 9.17) is 4.74 Å². The van der Waals surface area contributed by atoms with Gasteiger partial charge in [-0.1, -0.05) is 30.3 Å². The number of thiophene rings is 1. The summed E-state index contributed by atoms with van der Waals surface area (Å²) in [5.74, 6) is 0.922. The third-order valence-corrected chi connectivity index (χ3v) is 4.82. The molecule has 0 bridgehead atoms. The molecule has 3 heteroatoms. The topological polar surface area (TPSA) is 21.3 Å². The van der Waals surface area contributed by atoms with Gasteiger partial charge < -0.3 is 10.1 Å². The molecule has 2 aromatic carbocycles. The Labute approximate surface area is 129 Å². The SMILES string of the molecule is CNC(c1cscc1C)c1ccc(OC)c2ccccc12. The summed E-state index contributed by atoms with van der Waals surface area (Å²) in [5, 5.41) is 10.3. The maximum absolute atomic E-state index is 5.49. The number of fused-ring (bicyclic) bond motifs is 1. The van der Waals surface area contributed by atoms with Crippen molar-refractivity contribution >= 4 is 22.1 Å². The van der Waals surface area contributed by atoms with Gasteiger partial charge in [0.05, 0.1) is 13.2 Å². The highest BCUT2D eigenvalue weighted by Crippen LogP contribution is 2.35. The number of benzene rings is 2. The van der Waals surface area contributed by atoms with Crippen LogP contribution in [-0.4, -0.2) is 14.2 Å². The van der Waals surface area contributed by atoms with Crippen LogP contribution in [0.2, 0.25) is 0 Å². The van der Waals surface area contributed by atoms with Gasteiger partial charge in [0.1, 0.15) is 5.75 Å². The Morgan fingerprint density at radius 3 is 2.38 bits per heavy atom. The van der Waals surface area contributed by atoms with Crippen molar-refractivity contribution < 1.29 is 4.74 Å². The molecule has 0 amide bonds. The largest absolute Gasteiger partial charge is 0.496 e. The lowest BCUT2D eigenvalue weighted by Gasteiger charge is -2.20. The van der Waals surface area contributed by atoms with E-state index in [9.17, 15) is 0 Å². The summed E-state index contributed by atoms with van der Waals surface area (Å²) in [4.78, 5) is 0.